The molecule has 0 bridgehead atoms. The molecule has 1 aromatic heterocycles. The molecule has 0 radical (unpaired) electrons. The van der Waals surface area contributed by atoms with Crippen molar-refractivity contribution in [2.75, 3.05) is 7.11 Å². The minimum Gasteiger partial charge on any atom is -0.497 e. The van der Waals surface area contributed by atoms with Crippen molar-refractivity contribution in [3.8, 4) is 5.75 Å². The molecule has 0 atom stereocenters. The Bertz CT molecular complexity index is 1020. The van der Waals surface area contributed by atoms with Gasteiger partial charge in [0, 0.05) is 36.0 Å². The SMILES string of the molecule is COc1ccc(C(=O)CCC(=O)NCc2cc3ccccc3[nH]c2=O)cc1. The van der Waals surface area contributed by atoms with Crippen LogP contribution in [0.15, 0.2) is 59.4 Å². The number of carbonyl (C=O) groups excluding carboxylic acids is 2. The number of hydrogen-bond acceptors (Lipinski definition) is 4. The predicted molar refractivity (Wildman–Crippen MR) is 103 cm³/mol. The molecule has 3 rings (SSSR count). The molecule has 0 aliphatic carbocycles. The van der Waals surface area contributed by atoms with E-state index in [0.717, 1.165) is 10.9 Å². The van der Waals surface area contributed by atoms with Gasteiger partial charge in [0.1, 0.15) is 5.75 Å². The summed E-state index contributed by atoms with van der Waals surface area (Å²) in [5.41, 5.74) is 1.53. The number of hydrogen-bond donors (Lipinski definition) is 2. The molecular formula is C21H20N2O4. The fraction of sp³-hybridized carbons (Fsp3) is 0.190. The Hall–Kier alpha value is -3.41. The standard InChI is InChI=1S/C21H20N2O4/c1-27-17-8-6-14(7-9-17)19(24)10-11-20(25)22-13-16-12-15-4-2-3-5-18(15)23-21(16)26/h2-9,12H,10-11,13H2,1H3,(H,22,25)(H,23,26). The number of para-hydroxylation sites is 1. The minimum absolute atomic E-state index is 0.0658. The highest BCUT2D eigenvalue weighted by molar-refractivity contribution is 5.98. The van der Waals surface area contributed by atoms with Crippen molar-refractivity contribution in [3.63, 3.8) is 0 Å². The molecule has 0 aliphatic rings. The number of Topliss-reactive ketones (excluding diaryl/α,β-unsaturated/α-hetero) is 1. The zero-order valence-corrected chi connectivity index (χ0v) is 15.0. The number of nitrogens with one attached hydrogen (secondary N) is 2. The molecule has 0 unspecified atom stereocenters. The largest absolute Gasteiger partial charge is 0.497 e. The van der Waals surface area contributed by atoms with Gasteiger partial charge >= 0.3 is 0 Å². The molecule has 0 saturated heterocycles. The maximum Gasteiger partial charge on any atom is 0.253 e. The Balaban J connectivity index is 1.54. The van der Waals surface area contributed by atoms with Crippen molar-refractivity contribution in [1.29, 1.82) is 0 Å². The average Bonchev–Trinajstić information content (AvgIpc) is 2.70. The monoisotopic (exact) mass is 364 g/mol. The summed E-state index contributed by atoms with van der Waals surface area (Å²) < 4.78 is 5.05. The number of amides is 1. The molecule has 2 N–H and O–H groups in total. The maximum atomic E-state index is 12.1. The first-order valence-electron chi connectivity index (χ1n) is 8.62. The van der Waals surface area contributed by atoms with Crippen LogP contribution in [0.5, 0.6) is 5.75 Å². The summed E-state index contributed by atoms with van der Waals surface area (Å²) in [5, 5.41) is 3.60. The number of carbonyl (C=O) groups is 2. The van der Waals surface area contributed by atoms with Gasteiger partial charge in [-0.3, -0.25) is 14.4 Å². The van der Waals surface area contributed by atoms with Gasteiger partial charge in [0.25, 0.3) is 5.56 Å². The van der Waals surface area contributed by atoms with E-state index in [1.807, 2.05) is 24.3 Å². The van der Waals surface area contributed by atoms with Gasteiger partial charge in [0.05, 0.1) is 7.11 Å². The summed E-state index contributed by atoms with van der Waals surface area (Å²) in [6.07, 6.45) is 0.169. The number of fused-ring (bicyclic) bond motifs is 1. The van der Waals surface area contributed by atoms with Crippen LogP contribution in [0.2, 0.25) is 0 Å². The van der Waals surface area contributed by atoms with E-state index >= 15 is 0 Å². The van der Waals surface area contributed by atoms with E-state index < -0.39 is 0 Å². The first-order chi connectivity index (χ1) is 13.1. The van der Waals surface area contributed by atoms with Gasteiger partial charge in [0.15, 0.2) is 5.78 Å². The summed E-state index contributed by atoms with van der Waals surface area (Å²) in [6.45, 7) is 0.121. The molecule has 2 aromatic carbocycles. The summed E-state index contributed by atoms with van der Waals surface area (Å²) in [6, 6.07) is 16.0. The van der Waals surface area contributed by atoms with Crippen molar-refractivity contribution >= 4 is 22.6 Å². The number of H-pyrrole nitrogens is 1. The van der Waals surface area contributed by atoms with Gasteiger partial charge in [0.2, 0.25) is 5.91 Å². The van der Waals surface area contributed by atoms with Gasteiger partial charge in [-0.2, -0.15) is 0 Å². The van der Waals surface area contributed by atoms with Crippen LogP contribution in [-0.2, 0) is 11.3 Å². The van der Waals surface area contributed by atoms with Crippen LogP contribution in [-0.4, -0.2) is 23.8 Å². The molecule has 6 heteroatoms. The van der Waals surface area contributed by atoms with Crippen molar-refractivity contribution in [2.45, 2.75) is 19.4 Å². The van der Waals surface area contributed by atoms with Gasteiger partial charge in [-0.1, -0.05) is 18.2 Å². The zero-order valence-electron chi connectivity index (χ0n) is 15.0. The van der Waals surface area contributed by atoms with E-state index in [4.69, 9.17) is 4.74 Å². The molecule has 1 heterocycles. The Morgan fingerprint density at radius 3 is 2.52 bits per heavy atom. The van der Waals surface area contributed by atoms with Gasteiger partial charge in [-0.15, -0.1) is 0 Å². The molecule has 6 nitrogen and oxygen atoms in total. The molecule has 138 valence electrons. The molecule has 0 spiro atoms. The minimum atomic E-state index is -0.274. The third-order valence-corrected chi connectivity index (χ3v) is 4.30. The van der Waals surface area contributed by atoms with Crippen LogP contribution in [0.3, 0.4) is 0 Å². The second-order valence-corrected chi connectivity index (χ2v) is 6.14. The number of aromatic amines is 1. The normalized spacial score (nSPS) is 10.6. The van der Waals surface area contributed by atoms with Gasteiger partial charge < -0.3 is 15.0 Å². The van der Waals surface area contributed by atoms with E-state index in [-0.39, 0.29) is 36.6 Å². The number of rotatable bonds is 7. The lowest BCUT2D eigenvalue weighted by Crippen LogP contribution is -2.27. The second kappa shape index (κ2) is 8.31. The topological polar surface area (TPSA) is 88.3 Å². The van der Waals surface area contributed by atoms with Crippen LogP contribution >= 0.6 is 0 Å². The number of pyridine rings is 1. The number of methoxy groups -OCH3 is 1. The number of ether oxygens (including phenoxy) is 1. The molecule has 0 aliphatic heterocycles. The molecule has 0 fully saturated rings. The predicted octanol–water partition coefficient (Wildman–Crippen LogP) is 2.82. The summed E-state index contributed by atoms with van der Waals surface area (Å²) in [7, 11) is 1.56. The third-order valence-electron chi connectivity index (χ3n) is 4.30. The van der Waals surface area contributed by atoms with E-state index in [1.165, 1.54) is 0 Å². The lowest BCUT2D eigenvalue weighted by molar-refractivity contribution is -0.121. The quantitative estimate of drug-likeness (QED) is 0.631. The lowest BCUT2D eigenvalue weighted by atomic mass is 10.1. The molecule has 0 saturated carbocycles. The first kappa shape index (κ1) is 18.4. The first-order valence-corrected chi connectivity index (χ1v) is 8.62. The van der Waals surface area contributed by atoms with Crippen LogP contribution < -0.4 is 15.6 Å². The van der Waals surface area contributed by atoms with Gasteiger partial charge in [-0.25, -0.2) is 0 Å². The van der Waals surface area contributed by atoms with E-state index in [9.17, 15) is 14.4 Å². The van der Waals surface area contributed by atoms with Crippen molar-refractivity contribution in [2.24, 2.45) is 0 Å². The van der Waals surface area contributed by atoms with Crippen LogP contribution in [0, 0.1) is 0 Å². The Morgan fingerprint density at radius 2 is 1.78 bits per heavy atom. The highest BCUT2D eigenvalue weighted by Crippen LogP contribution is 2.13. The van der Waals surface area contributed by atoms with E-state index in [1.54, 1.807) is 37.4 Å². The van der Waals surface area contributed by atoms with Crippen LogP contribution in [0.1, 0.15) is 28.8 Å². The number of aromatic nitrogens is 1. The smallest absolute Gasteiger partial charge is 0.253 e. The molecular weight excluding hydrogens is 344 g/mol. The lowest BCUT2D eigenvalue weighted by Gasteiger charge is -2.06. The molecule has 27 heavy (non-hydrogen) atoms. The fourth-order valence-corrected chi connectivity index (χ4v) is 2.75. The zero-order chi connectivity index (χ0) is 19.2. The number of benzene rings is 2. The summed E-state index contributed by atoms with van der Waals surface area (Å²) in [4.78, 5) is 39.0. The van der Waals surface area contributed by atoms with E-state index in [0.29, 0.717) is 16.9 Å². The van der Waals surface area contributed by atoms with Crippen LogP contribution in [0.4, 0.5) is 0 Å². The van der Waals surface area contributed by atoms with Crippen molar-refractivity contribution in [1.82, 2.24) is 10.3 Å². The Morgan fingerprint density at radius 1 is 1.04 bits per heavy atom. The third kappa shape index (κ3) is 4.61. The summed E-state index contributed by atoms with van der Waals surface area (Å²) in [5.74, 6) is 0.283. The van der Waals surface area contributed by atoms with Crippen LogP contribution in [0.25, 0.3) is 10.9 Å². The Kier molecular flexibility index (Phi) is 5.66. The Labute approximate surface area is 156 Å². The number of ketones is 1. The van der Waals surface area contributed by atoms with Crippen molar-refractivity contribution < 1.29 is 14.3 Å². The summed E-state index contributed by atoms with van der Waals surface area (Å²) >= 11 is 0. The van der Waals surface area contributed by atoms with Crippen molar-refractivity contribution in [3.05, 3.63) is 76.1 Å². The van der Waals surface area contributed by atoms with Gasteiger partial charge in [-0.05, 0) is 41.8 Å². The molecule has 1 amide bonds. The highest BCUT2D eigenvalue weighted by Gasteiger charge is 2.10. The van der Waals surface area contributed by atoms with E-state index in [2.05, 4.69) is 10.3 Å². The highest BCUT2D eigenvalue weighted by atomic mass is 16.5. The maximum absolute atomic E-state index is 12.1. The molecule has 3 aromatic rings. The average molecular weight is 364 g/mol. The second-order valence-electron chi connectivity index (χ2n) is 6.14. The fourth-order valence-electron chi connectivity index (χ4n) is 2.75.